The molecule has 10 heteroatoms. The SMILES string of the molecule is COc1ncc(S(=O)(=O)Nc2ccc(Cl)nc2O)cc1Br. The van der Waals surface area contributed by atoms with Crippen LogP contribution >= 0.6 is 27.5 Å². The zero-order valence-electron chi connectivity index (χ0n) is 10.5. The number of pyridine rings is 2. The lowest BCUT2D eigenvalue weighted by molar-refractivity contribution is 0.394. The molecule has 21 heavy (non-hydrogen) atoms. The van der Waals surface area contributed by atoms with Crippen molar-refractivity contribution in [3.8, 4) is 11.8 Å². The number of anilines is 1. The molecule has 0 fully saturated rings. The van der Waals surface area contributed by atoms with Crippen LogP contribution in [0, 0.1) is 0 Å². The molecule has 2 rings (SSSR count). The molecule has 7 nitrogen and oxygen atoms in total. The molecule has 0 aromatic carbocycles. The van der Waals surface area contributed by atoms with Gasteiger partial charge in [0.15, 0.2) is 0 Å². The lowest BCUT2D eigenvalue weighted by atomic mass is 10.4. The Kier molecular flexibility index (Phi) is 4.55. The Morgan fingerprint density at radius 2 is 2.14 bits per heavy atom. The molecular weight excluding hydrogens is 386 g/mol. The first-order chi connectivity index (χ1) is 9.83. The Balaban J connectivity index is 2.36. The van der Waals surface area contributed by atoms with Crippen LogP contribution in [0.3, 0.4) is 0 Å². The van der Waals surface area contributed by atoms with Gasteiger partial charge in [0.1, 0.15) is 15.7 Å². The minimum atomic E-state index is -3.94. The van der Waals surface area contributed by atoms with Crippen molar-refractivity contribution in [1.82, 2.24) is 9.97 Å². The highest BCUT2D eigenvalue weighted by molar-refractivity contribution is 9.10. The van der Waals surface area contributed by atoms with Gasteiger partial charge in [-0.25, -0.2) is 13.4 Å². The van der Waals surface area contributed by atoms with E-state index in [9.17, 15) is 13.5 Å². The predicted octanol–water partition coefficient (Wildman–Crippen LogP) is 2.41. The number of halogens is 2. The summed E-state index contributed by atoms with van der Waals surface area (Å²) < 4.78 is 31.9. The third-order valence-electron chi connectivity index (χ3n) is 2.37. The van der Waals surface area contributed by atoms with Crippen molar-refractivity contribution in [3.05, 3.63) is 34.0 Å². The van der Waals surface area contributed by atoms with Crippen molar-refractivity contribution < 1.29 is 18.3 Å². The van der Waals surface area contributed by atoms with Crippen LogP contribution < -0.4 is 9.46 Å². The molecule has 2 N–H and O–H groups in total. The number of nitrogens with zero attached hydrogens (tertiary/aromatic N) is 2. The second-order valence-corrected chi connectivity index (χ2v) is 6.70. The van der Waals surface area contributed by atoms with Gasteiger partial charge in [0, 0.05) is 0 Å². The fraction of sp³-hybridized carbons (Fsp3) is 0.0909. The van der Waals surface area contributed by atoms with Gasteiger partial charge in [0.25, 0.3) is 10.0 Å². The van der Waals surface area contributed by atoms with E-state index < -0.39 is 15.9 Å². The summed E-state index contributed by atoms with van der Waals surface area (Å²) in [5.74, 6) is -0.267. The van der Waals surface area contributed by atoms with Crippen molar-refractivity contribution in [2.45, 2.75) is 4.90 Å². The van der Waals surface area contributed by atoms with Crippen molar-refractivity contribution in [2.75, 3.05) is 11.8 Å². The molecule has 0 spiro atoms. The number of ether oxygens (including phenoxy) is 1. The summed E-state index contributed by atoms with van der Waals surface area (Å²) in [4.78, 5) is 7.29. The number of aromatic nitrogens is 2. The molecule has 0 saturated heterocycles. The minimum Gasteiger partial charge on any atom is -0.492 e. The molecule has 0 bridgehead atoms. The fourth-order valence-electron chi connectivity index (χ4n) is 1.41. The first kappa shape index (κ1) is 15.8. The number of aromatic hydroxyl groups is 1. The van der Waals surface area contributed by atoms with Gasteiger partial charge in [-0.15, -0.1) is 0 Å². The zero-order valence-corrected chi connectivity index (χ0v) is 13.7. The maximum absolute atomic E-state index is 12.2. The Morgan fingerprint density at radius 3 is 2.71 bits per heavy atom. The highest BCUT2D eigenvalue weighted by atomic mass is 79.9. The van der Waals surface area contributed by atoms with E-state index in [1.54, 1.807) is 0 Å². The largest absolute Gasteiger partial charge is 0.492 e. The molecule has 112 valence electrons. The molecule has 0 aliphatic heterocycles. The second-order valence-electron chi connectivity index (χ2n) is 3.77. The first-order valence-electron chi connectivity index (χ1n) is 5.41. The van der Waals surface area contributed by atoms with E-state index in [2.05, 4.69) is 30.6 Å². The van der Waals surface area contributed by atoms with E-state index in [-0.39, 0.29) is 21.6 Å². The van der Waals surface area contributed by atoms with E-state index in [0.29, 0.717) is 4.47 Å². The second kappa shape index (κ2) is 6.04. The molecule has 2 aromatic rings. The van der Waals surface area contributed by atoms with Crippen molar-refractivity contribution in [1.29, 1.82) is 0 Å². The van der Waals surface area contributed by atoms with Gasteiger partial charge >= 0.3 is 0 Å². The molecule has 2 heterocycles. The number of sulfonamides is 1. The van der Waals surface area contributed by atoms with Gasteiger partial charge in [-0.3, -0.25) is 4.72 Å². The number of hydrogen-bond donors (Lipinski definition) is 2. The Labute approximate surface area is 134 Å². The Bertz CT molecular complexity index is 785. The van der Waals surface area contributed by atoms with E-state index >= 15 is 0 Å². The molecule has 0 aliphatic rings. The molecule has 0 saturated carbocycles. The number of nitrogens with one attached hydrogen (secondary N) is 1. The van der Waals surface area contributed by atoms with Gasteiger partial charge in [0.05, 0.1) is 17.8 Å². The molecule has 0 aliphatic carbocycles. The molecule has 2 aromatic heterocycles. The maximum Gasteiger partial charge on any atom is 0.263 e. The lowest BCUT2D eigenvalue weighted by Gasteiger charge is -2.10. The van der Waals surface area contributed by atoms with Crippen LogP contribution in [0.15, 0.2) is 33.8 Å². The Hall–Kier alpha value is -1.58. The first-order valence-corrected chi connectivity index (χ1v) is 8.07. The van der Waals surface area contributed by atoms with E-state index in [0.717, 1.165) is 6.20 Å². The quantitative estimate of drug-likeness (QED) is 0.772. The third-order valence-corrected chi connectivity index (χ3v) is 4.48. The smallest absolute Gasteiger partial charge is 0.263 e. The van der Waals surface area contributed by atoms with Crippen molar-refractivity contribution in [3.63, 3.8) is 0 Å². The average molecular weight is 395 g/mol. The summed E-state index contributed by atoms with van der Waals surface area (Å²) in [6, 6.07) is 3.98. The molecule has 0 radical (unpaired) electrons. The highest BCUT2D eigenvalue weighted by Gasteiger charge is 2.19. The topological polar surface area (TPSA) is 101 Å². The summed E-state index contributed by atoms with van der Waals surface area (Å²) in [6.45, 7) is 0. The summed E-state index contributed by atoms with van der Waals surface area (Å²) in [5, 5.41) is 9.62. The van der Waals surface area contributed by atoms with Crippen LogP contribution in [0.1, 0.15) is 0 Å². The van der Waals surface area contributed by atoms with Gasteiger partial charge < -0.3 is 9.84 Å². The number of hydrogen-bond acceptors (Lipinski definition) is 6. The number of rotatable bonds is 4. The monoisotopic (exact) mass is 393 g/mol. The van der Waals surface area contributed by atoms with Gasteiger partial charge in [-0.05, 0) is 34.1 Å². The van der Waals surface area contributed by atoms with E-state index in [1.807, 2.05) is 0 Å². The summed E-state index contributed by atoms with van der Waals surface area (Å²) in [7, 11) is -2.52. The number of methoxy groups -OCH3 is 1. The van der Waals surface area contributed by atoms with Crippen LogP contribution in [0.2, 0.25) is 5.15 Å². The standard InChI is InChI=1S/C11H9BrClN3O4S/c1-20-11-7(12)4-6(5-14-11)21(18,19)16-8-2-3-9(13)15-10(8)17/h2-5,16H,1H3,(H,15,17). The highest BCUT2D eigenvalue weighted by Crippen LogP contribution is 2.28. The van der Waals surface area contributed by atoms with Crippen molar-refractivity contribution >= 4 is 43.2 Å². The normalized spacial score (nSPS) is 11.2. The van der Waals surface area contributed by atoms with Crippen LogP contribution in [0.4, 0.5) is 5.69 Å². The van der Waals surface area contributed by atoms with E-state index in [4.69, 9.17) is 16.3 Å². The molecule has 0 unspecified atom stereocenters. The van der Waals surface area contributed by atoms with Gasteiger partial charge in [0.2, 0.25) is 11.8 Å². The summed E-state index contributed by atoms with van der Waals surface area (Å²) >= 11 is 8.73. The fourth-order valence-corrected chi connectivity index (χ4v) is 3.25. The van der Waals surface area contributed by atoms with Crippen LogP contribution in [-0.2, 0) is 10.0 Å². The zero-order chi connectivity index (χ0) is 15.6. The molecule has 0 atom stereocenters. The molecular formula is C11H9BrClN3O4S. The van der Waals surface area contributed by atoms with E-state index in [1.165, 1.54) is 25.3 Å². The summed E-state index contributed by atoms with van der Waals surface area (Å²) in [6.07, 6.45) is 1.13. The minimum absolute atomic E-state index is 0.0457. The molecule has 0 amide bonds. The Morgan fingerprint density at radius 1 is 1.43 bits per heavy atom. The third kappa shape index (κ3) is 3.55. The average Bonchev–Trinajstić information content (AvgIpc) is 2.42. The lowest BCUT2D eigenvalue weighted by Crippen LogP contribution is -2.13. The van der Waals surface area contributed by atoms with Crippen LogP contribution in [0.25, 0.3) is 0 Å². The van der Waals surface area contributed by atoms with Gasteiger partial charge in [-0.1, -0.05) is 11.6 Å². The summed E-state index contributed by atoms with van der Waals surface area (Å²) in [5.41, 5.74) is -0.0914. The van der Waals surface area contributed by atoms with Crippen LogP contribution in [0.5, 0.6) is 11.8 Å². The maximum atomic E-state index is 12.2. The van der Waals surface area contributed by atoms with Crippen molar-refractivity contribution in [2.24, 2.45) is 0 Å². The van der Waals surface area contributed by atoms with Crippen LogP contribution in [-0.4, -0.2) is 30.6 Å². The van der Waals surface area contributed by atoms with Gasteiger partial charge in [-0.2, -0.15) is 4.98 Å². The predicted molar refractivity (Wildman–Crippen MR) is 80.2 cm³/mol.